The van der Waals surface area contributed by atoms with Crippen molar-refractivity contribution in [3.05, 3.63) is 35.9 Å². The van der Waals surface area contributed by atoms with Crippen molar-refractivity contribution in [2.45, 2.75) is 31.9 Å². The first-order valence-corrected chi connectivity index (χ1v) is 9.01. The standard InChI is InChI=1S/C19H26N2O4/c1-2-24-12-14-8-10-21(11-9-14)19(23)18-17(20-16(22)13-25-18)15-6-4-3-5-7-15/h3-7,14,17-18H,2,8-13H2,1H3,(H,20,22)/t17-,18+/m1/s1. The van der Waals surface area contributed by atoms with Crippen LogP contribution in [0.5, 0.6) is 0 Å². The van der Waals surface area contributed by atoms with Gasteiger partial charge in [0, 0.05) is 26.3 Å². The molecule has 2 fully saturated rings. The van der Waals surface area contributed by atoms with Crippen LogP contribution in [0.3, 0.4) is 0 Å². The summed E-state index contributed by atoms with van der Waals surface area (Å²) in [6.45, 7) is 4.85. The van der Waals surface area contributed by atoms with E-state index in [1.54, 1.807) is 0 Å². The zero-order valence-corrected chi connectivity index (χ0v) is 14.6. The van der Waals surface area contributed by atoms with Crippen LogP contribution in [0, 0.1) is 5.92 Å². The molecule has 0 aromatic heterocycles. The van der Waals surface area contributed by atoms with Gasteiger partial charge in [-0.05, 0) is 31.2 Å². The molecule has 2 heterocycles. The van der Waals surface area contributed by atoms with Crippen molar-refractivity contribution in [1.29, 1.82) is 0 Å². The smallest absolute Gasteiger partial charge is 0.254 e. The van der Waals surface area contributed by atoms with Gasteiger partial charge in [-0.15, -0.1) is 0 Å². The van der Waals surface area contributed by atoms with E-state index in [-0.39, 0.29) is 18.4 Å². The molecule has 2 aliphatic rings. The van der Waals surface area contributed by atoms with Gasteiger partial charge in [0.15, 0.2) is 6.10 Å². The molecule has 6 heteroatoms. The van der Waals surface area contributed by atoms with E-state index in [1.165, 1.54) is 0 Å². The van der Waals surface area contributed by atoms with Crippen molar-refractivity contribution in [3.8, 4) is 0 Å². The van der Waals surface area contributed by atoms with Crippen LogP contribution in [0.25, 0.3) is 0 Å². The second-order valence-electron chi connectivity index (χ2n) is 6.62. The molecule has 1 N–H and O–H groups in total. The third-order valence-corrected chi connectivity index (χ3v) is 4.90. The number of likely N-dealkylation sites (tertiary alicyclic amines) is 1. The molecule has 2 amide bonds. The predicted molar refractivity (Wildman–Crippen MR) is 92.9 cm³/mol. The first kappa shape index (κ1) is 17.9. The van der Waals surface area contributed by atoms with E-state index in [0.29, 0.717) is 19.0 Å². The minimum atomic E-state index is -0.663. The Labute approximate surface area is 148 Å². The highest BCUT2D eigenvalue weighted by Gasteiger charge is 2.39. The molecule has 6 nitrogen and oxygen atoms in total. The maximum absolute atomic E-state index is 13.0. The monoisotopic (exact) mass is 346 g/mol. The molecule has 0 unspecified atom stereocenters. The number of piperidine rings is 1. The lowest BCUT2D eigenvalue weighted by Crippen LogP contribution is -2.54. The normalized spacial score (nSPS) is 24.8. The Morgan fingerprint density at radius 2 is 2.00 bits per heavy atom. The third kappa shape index (κ3) is 4.38. The van der Waals surface area contributed by atoms with Gasteiger partial charge in [-0.25, -0.2) is 0 Å². The van der Waals surface area contributed by atoms with E-state index < -0.39 is 12.1 Å². The maximum atomic E-state index is 13.0. The van der Waals surface area contributed by atoms with E-state index in [0.717, 1.165) is 31.6 Å². The van der Waals surface area contributed by atoms with E-state index in [9.17, 15) is 9.59 Å². The molecule has 0 saturated carbocycles. The van der Waals surface area contributed by atoms with Crippen molar-refractivity contribution in [3.63, 3.8) is 0 Å². The SMILES string of the molecule is CCOCC1CCN(C(=O)[C@H]2OCC(=O)N[C@@H]2c2ccccc2)CC1. The Bertz CT molecular complexity index is 584. The molecule has 0 aliphatic carbocycles. The van der Waals surface area contributed by atoms with Gasteiger partial charge in [0.05, 0.1) is 6.04 Å². The lowest BCUT2D eigenvalue weighted by atomic mass is 9.95. The van der Waals surface area contributed by atoms with E-state index in [2.05, 4.69) is 5.32 Å². The van der Waals surface area contributed by atoms with Crippen LogP contribution in [0.4, 0.5) is 0 Å². The number of ether oxygens (including phenoxy) is 2. The molecule has 0 radical (unpaired) electrons. The number of benzene rings is 1. The number of rotatable bonds is 5. The number of amides is 2. The average molecular weight is 346 g/mol. The van der Waals surface area contributed by atoms with Gasteiger partial charge in [0.2, 0.25) is 5.91 Å². The topological polar surface area (TPSA) is 67.9 Å². The van der Waals surface area contributed by atoms with Gasteiger partial charge < -0.3 is 19.7 Å². The fourth-order valence-electron chi connectivity index (χ4n) is 3.47. The number of hydrogen-bond acceptors (Lipinski definition) is 4. The second kappa shape index (κ2) is 8.45. The van der Waals surface area contributed by atoms with Gasteiger partial charge in [0.1, 0.15) is 6.61 Å². The van der Waals surface area contributed by atoms with Crippen LogP contribution < -0.4 is 5.32 Å². The Morgan fingerprint density at radius 1 is 1.28 bits per heavy atom. The average Bonchev–Trinajstić information content (AvgIpc) is 2.67. The fraction of sp³-hybridized carbons (Fsp3) is 0.579. The van der Waals surface area contributed by atoms with E-state index in [4.69, 9.17) is 9.47 Å². The summed E-state index contributed by atoms with van der Waals surface area (Å²) in [5.41, 5.74) is 0.889. The largest absolute Gasteiger partial charge is 0.381 e. The van der Waals surface area contributed by atoms with Gasteiger partial charge >= 0.3 is 0 Å². The van der Waals surface area contributed by atoms with Crippen molar-refractivity contribution in [2.24, 2.45) is 5.92 Å². The quantitative estimate of drug-likeness (QED) is 0.878. The van der Waals surface area contributed by atoms with Crippen LogP contribution in [-0.4, -0.2) is 55.7 Å². The number of nitrogens with one attached hydrogen (secondary N) is 1. The number of carbonyl (C=O) groups is 2. The summed E-state index contributed by atoms with van der Waals surface area (Å²) in [4.78, 5) is 26.6. The predicted octanol–water partition coefficient (Wildman–Crippen LogP) is 1.52. The number of nitrogens with zero attached hydrogens (tertiary/aromatic N) is 1. The number of carbonyl (C=O) groups excluding carboxylic acids is 2. The zero-order valence-electron chi connectivity index (χ0n) is 14.6. The van der Waals surface area contributed by atoms with Crippen LogP contribution in [-0.2, 0) is 19.1 Å². The van der Waals surface area contributed by atoms with Crippen molar-refractivity contribution in [2.75, 3.05) is 32.9 Å². The van der Waals surface area contributed by atoms with Crippen molar-refractivity contribution in [1.82, 2.24) is 10.2 Å². The lowest BCUT2D eigenvalue weighted by molar-refractivity contribution is -0.156. The number of hydrogen-bond donors (Lipinski definition) is 1. The van der Waals surface area contributed by atoms with Crippen LogP contribution in [0.15, 0.2) is 30.3 Å². The highest BCUT2D eigenvalue weighted by molar-refractivity contribution is 5.86. The van der Waals surface area contributed by atoms with Crippen LogP contribution >= 0.6 is 0 Å². The summed E-state index contributed by atoms with van der Waals surface area (Å²) < 4.78 is 11.1. The molecule has 25 heavy (non-hydrogen) atoms. The summed E-state index contributed by atoms with van der Waals surface area (Å²) in [6.07, 6.45) is 1.23. The number of morpholine rings is 1. The molecule has 2 saturated heterocycles. The lowest BCUT2D eigenvalue weighted by Gasteiger charge is -2.38. The molecule has 3 rings (SSSR count). The highest BCUT2D eigenvalue weighted by Crippen LogP contribution is 2.26. The zero-order chi connectivity index (χ0) is 17.6. The van der Waals surface area contributed by atoms with Gasteiger partial charge in [-0.1, -0.05) is 30.3 Å². The van der Waals surface area contributed by atoms with E-state index >= 15 is 0 Å². The summed E-state index contributed by atoms with van der Waals surface area (Å²) in [7, 11) is 0. The molecule has 2 atom stereocenters. The molecule has 1 aromatic carbocycles. The molecule has 0 spiro atoms. The molecule has 2 aliphatic heterocycles. The fourth-order valence-corrected chi connectivity index (χ4v) is 3.47. The molecule has 136 valence electrons. The Balaban J connectivity index is 1.65. The maximum Gasteiger partial charge on any atom is 0.254 e. The minimum Gasteiger partial charge on any atom is -0.381 e. The Hall–Kier alpha value is -1.92. The summed E-state index contributed by atoms with van der Waals surface area (Å²) in [6, 6.07) is 9.10. The van der Waals surface area contributed by atoms with Crippen LogP contribution in [0.1, 0.15) is 31.4 Å². The van der Waals surface area contributed by atoms with Gasteiger partial charge in [-0.2, -0.15) is 0 Å². The summed E-state index contributed by atoms with van der Waals surface area (Å²) in [5.74, 6) is 0.290. The third-order valence-electron chi connectivity index (χ3n) is 4.90. The first-order chi connectivity index (χ1) is 12.2. The Morgan fingerprint density at radius 3 is 2.68 bits per heavy atom. The molecule has 1 aromatic rings. The molecular weight excluding hydrogens is 320 g/mol. The molecule has 0 bridgehead atoms. The summed E-state index contributed by atoms with van der Waals surface area (Å²) in [5, 5.41) is 2.91. The van der Waals surface area contributed by atoms with Gasteiger partial charge in [-0.3, -0.25) is 9.59 Å². The Kier molecular flexibility index (Phi) is 6.04. The molecular formula is C19H26N2O4. The van der Waals surface area contributed by atoms with E-state index in [1.807, 2.05) is 42.2 Å². The van der Waals surface area contributed by atoms with Crippen LogP contribution in [0.2, 0.25) is 0 Å². The van der Waals surface area contributed by atoms with Crippen molar-refractivity contribution >= 4 is 11.8 Å². The second-order valence-corrected chi connectivity index (χ2v) is 6.62. The first-order valence-electron chi connectivity index (χ1n) is 9.01. The van der Waals surface area contributed by atoms with Gasteiger partial charge in [0.25, 0.3) is 5.91 Å². The van der Waals surface area contributed by atoms with Crippen molar-refractivity contribution < 1.29 is 19.1 Å². The summed E-state index contributed by atoms with van der Waals surface area (Å²) >= 11 is 0. The highest BCUT2D eigenvalue weighted by atomic mass is 16.5. The minimum absolute atomic E-state index is 0.0382.